The predicted octanol–water partition coefficient (Wildman–Crippen LogP) is 2.19. The molecule has 3 heterocycles. The van der Waals surface area contributed by atoms with Crippen molar-refractivity contribution in [3.05, 3.63) is 20.8 Å². The molecule has 2 fully saturated rings. The lowest BCUT2D eigenvalue weighted by Gasteiger charge is -2.40. The summed E-state index contributed by atoms with van der Waals surface area (Å²) in [6.07, 6.45) is 2.88. The highest BCUT2D eigenvalue weighted by Gasteiger charge is 2.42. The highest BCUT2D eigenvalue weighted by molar-refractivity contribution is 9.10. The number of rotatable bonds is 2. The number of aliphatic imine (C=N–C) groups is 1. The molecule has 5 nitrogen and oxygen atoms in total. The summed E-state index contributed by atoms with van der Waals surface area (Å²) in [4.78, 5) is 19.6. The first kappa shape index (κ1) is 15.8. The van der Waals surface area contributed by atoms with Crippen LogP contribution >= 0.6 is 27.3 Å². The minimum Gasteiger partial charge on any atom is -0.355 e. The average Bonchev–Trinajstić information content (AvgIpc) is 3.06. The van der Waals surface area contributed by atoms with Crippen LogP contribution in [0.5, 0.6) is 0 Å². The van der Waals surface area contributed by atoms with Crippen molar-refractivity contribution in [2.75, 3.05) is 26.7 Å². The second-order valence-corrected chi connectivity index (χ2v) is 8.02. The molecule has 2 N–H and O–H groups in total. The van der Waals surface area contributed by atoms with Gasteiger partial charge in [-0.3, -0.25) is 9.79 Å². The zero-order valence-electron chi connectivity index (χ0n) is 12.7. The van der Waals surface area contributed by atoms with Crippen LogP contribution in [0.25, 0.3) is 0 Å². The zero-order chi connectivity index (χ0) is 15.6. The van der Waals surface area contributed by atoms with Crippen molar-refractivity contribution in [3.8, 4) is 0 Å². The molecule has 0 aromatic carbocycles. The fourth-order valence-electron chi connectivity index (χ4n) is 3.37. The van der Waals surface area contributed by atoms with Gasteiger partial charge in [0, 0.05) is 53.2 Å². The van der Waals surface area contributed by atoms with Gasteiger partial charge in [0.1, 0.15) is 0 Å². The Morgan fingerprint density at radius 3 is 3.14 bits per heavy atom. The molecule has 1 atom stereocenters. The number of carbonyl (C=O) groups excluding carboxylic acids is 1. The molecule has 0 aliphatic carbocycles. The van der Waals surface area contributed by atoms with Gasteiger partial charge in [-0.1, -0.05) is 0 Å². The average molecular weight is 385 g/mol. The third kappa shape index (κ3) is 3.46. The summed E-state index contributed by atoms with van der Waals surface area (Å²) in [7, 11) is 1.83. The fourth-order valence-corrected chi connectivity index (χ4v) is 4.76. The Morgan fingerprint density at radius 1 is 1.64 bits per heavy atom. The van der Waals surface area contributed by atoms with Crippen LogP contribution in [0, 0.1) is 5.41 Å². The highest BCUT2D eigenvalue weighted by Crippen LogP contribution is 2.36. The molecule has 0 radical (unpaired) electrons. The van der Waals surface area contributed by atoms with Crippen molar-refractivity contribution in [1.82, 2.24) is 15.5 Å². The molecule has 1 aromatic rings. The van der Waals surface area contributed by atoms with E-state index in [0.717, 1.165) is 49.5 Å². The Hall–Kier alpha value is -1.08. The lowest BCUT2D eigenvalue weighted by atomic mass is 9.79. The molecule has 1 aromatic heterocycles. The van der Waals surface area contributed by atoms with Gasteiger partial charge in [0.25, 0.3) is 0 Å². The topological polar surface area (TPSA) is 56.7 Å². The molecule has 2 aliphatic heterocycles. The summed E-state index contributed by atoms with van der Waals surface area (Å²) in [5, 5.41) is 8.52. The number of likely N-dealkylation sites (tertiary alicyclic amines) is 1. The Morgan fingerprint density at radius 2 is 2.50 bits per heavy atom. The van der Waals surface area contributed by atoms with E-state index in [-0.39, 0.29) is 11.3 Å². The van der Waals surface area contributed by atoms with E-state index in [1.807, 2.05) is 7.05 Å². The smallest absolute Gasteiger partial charge is 0.220 e. The molecule has 3 rings (SSSR count). The van der Waals surface area contributed by atoms with E-state index in [1.165, 1.54) is 4.88 Å². The second kappa shape index (κ2) is 6.58. The lowest BCUT2D eigenvalue weighted by molar-refractivity contribution is -0.119. The molecule has 2 aliphatic rings. The summed E-state index contributed by atoms with van der Waals surface area (Å²) >= 11 is 5.21. The van der Waals surface area contributed by atoms with Crippen LogP contribution in [0.2, 0.25) is 0 Å². The molecule has 7 heteroatoms. The van der Waals surface area contributed by atoms with Crippen molar-refractivity contribution in [3.63, 3.8) is 0 Å². The number of hydrogen-bond donors (Lipinski definition) is 2. The zero-order valence-corrected chi connectivity index (χ0v) is 15.1. The van der Waals surface area contributed by atoms with Crippen LogP contribution in [0.15, 0.2) is 20.9 Å². The SMILES string of the molecule is CN=C(NCc1cc(Br)cs1)N1CCCC2(CNC(=O)C2)C1. The van der Waals surface area contributed by atoms with Gasteiger partial charge in [-0.05, 0) is 34.8 Å². The molecular weight excluding hydrogens is 364 g/mol. The minimum absolute atomic E-state index is 0.0961. The molecule has 1 amide bonds. The van der Waals surface area contributed by atoms with Gasteiger partial charge in [-0.25, -0.2) is 0 Å². The maximum Gasteiger partial charge on any atom is 0.220 e. The van der Waals surface area contributed by atoms with Crippen LogP contribution in [0.1, 0.15) is 24.1 Å². The van der Waals surface area contributed by atoms with E-state index in [2.05, 4.69) is 47.9 Å². The quantitative estimate of drug-likeness (QED) is 0.606. The molecule has 1 spiro atoms. The molecule has 2 saturated heterocycles. The van der Waals surface area contributed by atoms with Crippen molar-refractivity contribution in [2.45, 2.75) is 25.8 Å². The summed E-state index contributed by atoms with van der Waals surface area (Å²) in [5.74, 6) is 1.12. The predicted molar refractivity (Wildman–Crippen MR) is 93.1 cm³/mol. The number of piperidine rings is 1. The fraction of sp³-hybridized carbons (Fsp3) is 0.600. The maximum absolute atomic E-state index is 11.6. The molecule has 0 saturated carbocycles. The number of nitrogens with zero attached hydrogens (tertiary/aromatic N) is 2. The third-order valence-corrected chi connectivity index (χ3v) is 6.11. The third-order valence-electron chi connectivity index (χ3n) is 4.41. The van der Waals surface area contributed by atoms with Crippen molar-refractivity contribution < 1.29 is 4.79 Å². The first-order chi connectivity index (χ1) is 10.6. The number of nitrogens with one attached hydrogen (secondary N) is 2. The summed E-state index contributed by atoms with van der Waals surface area (Å²) in [6.45, 7) is 3.49. The summed E-state index contributed by atoms with van der Waals surface area (Å²) < 4.78 is 1.12. The van der Waals surface area contributed by atoms with Crippen LogP contribution < -0.4 is 10.6 Å². The molecule has 120 valence electrons. The number of hydrogen-bond acceptors (Lipinski definition) is 3. The molecular formula is C15H21BrN4OS. The second-order valence-electron chi connectivity index (χ2n) is 6.11. The number of carbonyl (C=O) groups is 1. The first-order valence-electron chi connectivity index (χ1n) is 7.55. The largest absolute Gasteiger partial charge is 0.355 e. The summed E-state index contributed by atoms with van der Waals surface area (Å²) in [5.41, 5.74) is 0.0961. The lowest BCUT2D eigenvalue weighted by Crippen LogP contribution is -2.51. The molecule has 22 heavy (non-hydrogen) atoms. The number of halogens is 1. The van der Waals surface area contributed by atoms with E-state index in [1.54, 1.807) is 11.3 Å². The Labute approximate surface area is 143 Å². The monoisotopic (exact) mass is 384 g/mol. The van der Waals surface area contributed by atoms with E-state index in [0.29, 0.717) is 6.42 Å². The van der Waals surface area contributed by atoms with E-state index in [9.17, 15) is 4.79 Å². The first-order valence-corrected chi connectivity index (χ1v) is 9.23. The van der Waals surface area contributed by atoms with Gasteiger partial charge in [0.15, 0.2) is 5.96 Å². The van der Waals surface area contributed by atoms with Crippen molar-refractivity contribution >= 4 is 39.1 Å². The minimum atomic E-state index is 0.0961. The number of guanidine groups is 1. The van der Waals surface area contributed by atoms with Crippen LogP contribution in [-0.4, -0.2) is 43.4 Å². The van der Waals surface area contributed by atoms with Gasteiger partial charge in [0.2, 0.25) is 5.91 Å². The van der Waals surface area contributed by atoms with Gasteiger partial charge >= 0.3 is 0 Å². The molecule has 0 bridgehead atoms. The van der Waals surface area contributed by atoms with E-state index >= 15 is 0 Å². The van der Waals surface area contributed by atoms with Gasteiger partial charge in [0.05, 0.1) is 6.54 Å². The maximum atomic E-state index is 11.6. The van der Waals surface area contributed by atoms with E-state index < -0.39 is 0 Å². The van der Waals surface area contributed by atoms with Gasteiger partial charge in [-0.15, -0.1) is 11.3 Å². The van der Waals surface area contributed by atoms with Crippen molar-refractivity contribution in [2.24, 2.45) is 10.4 Å². The number of thiophene rings is 1. The highest BCUT2D eigenvalue weighted by atomic mass is 79.9. The van der Waals surface area contributed by atoms with Crippen LogP contribution in [0.3, 0.4) is 0 Å². The van der Waals surface area contributed by atoms with Crippen molar-refractivity contribution in [1.29, 1.82) is 0 Å². The normalized spacial score (nSPS) is 25.6. The van der Waals surface area contributed by atoms with Gasteiger partial charge in [-0.2, -0.15) is 0 Å². The van der Waals surface area contributed by atoms with Crippen LogP contribution in [-0.2, 0) is 11.3 Å². The Balaban J connectivity index is 1.62. The standard InChI is InChI=1S/C15H21BrN4OS/c1-17-14(18-7-12-5-11(16)8-22-12)20-4-2-3-15(10-20)6-13(21)19-9-15/h5,8H,2-4,6-7,9-10H2,1H3,(H,17,18)(H,19,21). The number of amides is 1. The Kier molecular flexibility index (Phi) is 4.73. The summed E-state index contributed by atoms with van der Waals surface area (Å²) in [6, 6.07) is 2.13. The van der Waals surface area contributed by atoms with Crippen LogP contribution in [0.4, 0.5) is 0 Å². The van der Waals surface area contributed by atoms with Gasteiger partial charge < -0.3 is 15.5 Å². The van der Waals surface area contributed by atoms with E-state index in [4.69, 9.17) is 0 Å². The molecule has 1 unspecified atom stereocenters. The Bertz CT molecular complexity index is 588.